The molecule has 0 saturated heterocycles. The van der Waals surface area contributed by atoms with Crippen LogP contribution in [-0.2, 0) is 4.79 Å². The van der Waals surface area contributed by atoms with E-state index in [1.165, 1.54) is 19.3 Å². The van der Waals surface area contributed by atoms with E-state index >= 15 is 0 Å². The van der Waals surface area contributed by atoms with Crippen LogP contribution in [0, 0.1) is 23.7 Å². The lowest BCUT2D eigenvalue weighted by Gasteiger charge is -2.21. The van der Waals surface area contributed by atoms with Gasteiger partial charge in [-0.25, -0.2) is 0 Å². The third-order valence-corrected chi connectivity index (χ3v) is 4.24. The van der Waals surface area contributed by atoms with Crippen molar-refractivity contribution in [3.8, 4) is 0 Å². The van der Waals surface area contributed by atoms with E-state index in [-0.39, 0.29) is 23.6 Å². The number of rotatable bonds is 4. The molecule has 0 radical (unpaired) electrons. The van der Waals surface area contributed by atoms with Crippen LogP contribution in [0.5, 0.6) is 0 Å². The van der Waals surface area contributed by atoms with Gasteiger partial charge in [0.25, 0.3) is 0 Å². The average molecular weight is 239 g/mol. The van der Waals surface area contributed by atoms with Crippen molar-refractivity contribution < 1.29 is 10.0 Å². The number of hydrogen-bond acceptors (Lipinski definition) is 3. The third kappa shape index (κ3) is 2.23. The molecule has 5 heteroatoms. The normalized spacial score (nSPS) is 33.1. The number of hydrogen-bond donors (Lipinski definition) is 2. The zero-order valence-corrected chi connectivity index (χ0v) is 10.5. The molecule has 0 bridgehead atoms. The van der Waals surface area contributed by atoms with Crippen LogP contribution in [0.1, 0.15) is 26.2 Å². The summed E-state index contributed by atoms with van der Waals surface area (Å²) in [4.78, 5) is 13.9. The second-order valence-corrected chi connectivity index (χ2v) is 5.43. The fraction of sp³-hybridized carbons (Fsp3) is 0.833. The SMILES string of the molecule is CC(CN(C)C(=O)C1C2CCCC21)C(N)=NO. The van der Waals surface area contributed by atoms with Crippen LogP contribution in [0.2, 0.25) is 0 Å². The van der Waals surface area contributed by atoms with Crippen molar-refractivity contribution >= 4 is 11.7 Å². The Morgan fingerprint density at radius 1 is 1.53 bits per heavy atom. The first-order chi connectivity index (χ1) is 8.06. The number of amidine groups is 1. The highest BCUT2D eigenvalue weighted by molar-refractivity contribution is 5.85. The quantitative estimate of drug-likeness (QED) is 0.331. The summed E-state index contributed by atoms with van der Waals surface area (Å²) in [5.74, 6) is 1.85. The molecule has 2 rings (SSSR count). The Hall–Kier alpha value is -1.26. The Labute approximate surface area is 102 Å². The first-order valence-electron chi connectivity index (χ1n) is 6.28. The van der Waals surface area contributed by atoms with Crippen LogP contribution in [0.15, 0.2) is 5.16 Å². The molecule has 2 aliphatic rings. The maximum absolute atomic E-state index is 12.1. The lowest BCUT2D eigenvalue weighted by Crippen LogP contribution is -2.37. The van der Waals surface area contributed by atoms with Gasteiger partial charge < -0.3 is 15.8 Å². The maximum atomic E-state index is 12.1. The van der Waals surface area contributed by atoms with Crippen LogP contribution in [0.4, 0.5) is 0 Å². The minimum atomic E-state index is -0.104. The summed E-state index contributed by atoms with van der Waals surface area (Å²) >= 11 is 0. The molecule has 3 atom stereocenters. The van der Waals surface area contributed by atoms with E-state index in [0.717, 1.165) is 0 Å². The van der Waals surface area contributed by atoms with Gasteiger partial charge in [-0.1, -0.05) is 18.5 Å². The van der Waals surface area contributed by atoms with Gasteiger partial charge in [0.1, 0.15) is 5.84 Å². The zero-order chi connectivity index (χ0) is 12.6. The van der Waals surface area contributed by atoms with Gasteiger partial charge in [-0.15, -0.1) is 0 Å². The number of oxime groups is 1. The predicted octanol–water partition coefficient (Wildman–Crippen LogP) is 0.873. The van der Waals surface area contributed by atoms with Crippen molar-refractivity contribution in [2.45, 2.75) is 26.2 Å². The number of fused-ring (bicyclic) bond motifs is 1. The number of nitrogens with zero attached hydrogens (tertiary/aromatic N) is 2. The molecule has 3 unspecified atom stereocenters. The summed E-state index contributed by atoms with van der Waals surface area (Å²) in [6.07, 6.45) is 3.71. The third-order valence-electron chi connectivity index (χ3n) is 4.24. The number of nitrogens with two attached hydrogens (primary N) is 1. The van der Waals surface area contributed by atoms with E-state index in [0.29, 0.717) is 18.4 Å². The molecule has 5 nitrogen and oxygen atoms in total. The number of carbonyl (C=O) groups excluding carboxylic acids is 1. The van der Waals surface area contributed by atoms with Crippen molar-refractivity contribution in [3.63, 3.8) is 0 Å². The van der Waals surface area contributed by atoms with E-state index < -0.39 is 0 Å². The highest BCUT2D eigenvalue weighted by Crippen LogP contribution is 2.58. The van der Waals surface area contributed by atoms with E-state index in [4.69, 9.17) is 10.9 Å². The lowest BCUT2D eigenvalue weighted by atomic mass is 10.1. The Morgan fingerprint density at radius 2 is 2.12 bits per heavy atom. The molecule has 17 heavy (non-hydrogen) atoms. The monoisotopic (exact) mass is 239 g/mol. The molecule has 0 aromatic rings. The summed E-state index contributed by atoms with van der Waals surface area (Å²) < 4.78 is 0. The van der Waals surface area contributed by atoms with Gasteiger partial charge in [0.15, 0.2) is 0 Å². The van der Waals surface area contributed by atoms with Gasteiger partial charge in [-0.2, -0.15) is 0 Å². The lowest BCUT2D eigenvalue weighted by molar-refractivity contribution is -0.132. The van der Waals surface area contributed by atoms with Crippen molar-refractivity contribution in [3.05, 3.63) is 0 Å². The second-order valence-electron chi connectivity index (χ2n) is 5.43. The van der Waals surface area contributed by atoms with Gasteiger partial charge in [-0.05, 0) is 24.7 Å². The highest BCUT2D eigenvalue weighted by atomic mass is 16.4. The molecule has 0 aromatic heterocycles. The number of carbonyl (C=O) groups is 1. The molecule has 0 aromatic carbocycles. The van der Waals surface area contributed by atoms with Crippen LogP contribution in [0.3, 0.4) is 0 Å². The Balaban J connectivity index is 1.84. The highest BCUT2D eigenvalue weighted by Gasteiger charge is 2.57. The van der Waals surface area contributed by atoms with Crippen LogP contribution in [0.25, 0.3) is 0 Å². The van der Waals surface area contributed by atoms with Crippen molar-refractivity contribution in [1.82, 2.24) is 4.90 Å². The zero-order valence-electron chi connectivity index (χ0n) is 10.5. The Morgan fingerprint density at radius 3 is 2.65 bits per heavy atom. The van der Waals surface area contributed by atoms with E-state index in [1.54, 1.807) is 11.9 Å². The molecule has 3 N–H and O–H groups in total. The topological polar surface area (TPSA) is 78.9 Å². The molecule has 2 fully saturated rings. The molecule has 0 heterocycles. The van der Waals surface area contributed by atoms with Gasteiger partial charge in [0.2, 0.25) is 5.91 Å². The average Bonchev–Trinajstić information content (AvgIpc) is 2.79. The largest absolute Gasteiger partial charge is 0.409 e. The minimum Gasteiger partial charge on any atom is -0.409 e. The van der Waals surface area contributed by atoms with E-state index in [2.05, 4.69) is 5.16 Å². The van der Waals surface area contributed by atoms with Crippen LogP contribution in [-0.4, -0.2) is 35.4 Å². The molecule has 2 aliphatic carbocycles. The van der Waals surface area contributed by atoms with E-state index in [1.807, 2.05) is 6.92 Å². The molecular weight excluding hydrogens is 218 g/mol. The summed E-state index contributed by atoms with van der Waals surface area (Å²) in [6, 6.07) is 0. The smallest absolute Gasteiger partial charge is 0.226 e. The fourth-order valence-electron chi connectivity index (χ4n) is 3.14. The van der Waals surface area contributed by atoms with Gasteiger partial charge in [-0.3, -0.25) is 4.79 Å². The molecule has 0 aliphatic heterocycles. The first kappa shape index (κ1) is 12.2. The molecular formula is C12H21N3O2. The van der Waals surface area contributed by atoms with Gasteiger partial charge in [0.05, 0.1) is 0 Å². The summed E-state index contributed by atoms with van der Waals surface area (Å²) in [5.41, 5.74) is 5.51. The molecule has 1 amide bonds. The van der Waals surface area contributed by atoms with Crippen molar-refractivity contribution in [2.24, 2.45) is 34.6 Å². The van der Waals surface area contributed by atoms with Gasteiger partial charge in [0, 0.05) is 25.4 Å². The summed E-state index contributed by atoms with van der Waals surface area (Å²) in [5, 5.41) is 11.5. The molecule has 96 valence electrons. The summed E-state index contributed by atoms with van der Waals surface area (Å²) in [7, 11) is 1.80. The second kappa shape index (κ2) is 4.55. The van der Waals surface area contributed by atoms with Crippen LogP contribution < -0.4 is 5.73 Å². The molecule has 2 saturated carbocycles. The Bertz CT molecular complexity index is 333. The standard InChI is InChI=1S/C12H21N3O2/c1-7(11(13)14-17)6-15(2)12(16)10-8-4-3-5-9(8)10/h7-10,17H,3-6H2,1-2H3,(H2,13,14). The Kier molecular flexibility index (Phi) is 3.26. The predicted molar refractivity (Wildman–Crippen MR) is 64.5 cm³/mol. The summed E-state index contributed by atoms with van der Waals surface area (Å²) in [6.45, 7) is 2.37. The van der Waals surface area contributed by atoms with Crippen molar-refractivity contribution in [2.75, 3.05) is 13.6 Å². The van der Waals surface area contributed by atoms with Gasteiger partial charge >= 0.3 is 0 Å². The van der Waals surface area contributed by atoms with Crippen molar-refractivity contribution in [1.29, 1.82) is 0 Å². The minimum absolute atomic E-state index is 0.104. The maximum Gasteiger partial charge on any atom is 0.226 e. The fourth-order valence-corrected chi connectivity index (χ4v) is 3.14. The van der Waals surface area contributed by atoms with Crippen LogP contribution >= 0.6 is 0 Å². The molecule has 0 spiro atoms. The number of amides is 1. The first-order valence-corrected chi connectivity index (χ1v) is 6.28. The van der Waals surface area contributed by atoms with E-state index in [9.17, 15) is 4.79 Å².